The third-order valence-corrected chi connectivity index (χ3v) is 7.51. The predicted octanol–water partition coefficient (Wildman–Crippen LogP) is 8.22. The van der Waals surface area contributed by atoms with Crippen LogP contribution in [0.3, 0.4) is 0 Å². The Morgan fingerprint density at radius 2 is 1.76 bits per heavy atom. The molecular formula is C29H26ClFN2O2S2. The third-order valence-electron chi connectivity index (χ3n) is 5.36. The predicted molar refractivity (Wildman–Crippen MR) is 155 cm³/mol. The number of nitrogens with zero attached hydrogens (tertiary/aromatic N) is 1. The quantitative estimate of drug-likeness (QED) is 0.185. The van der Waals surface area contributed by atoms with Crippen molar-refractivity contribution in [1.29, 1.82) is 0 Å². The Morgan fingerprint density at radius 3 is 2.41 bits per heavy atom. The van der Waals surface area contributed by atoms with Gasteiger partial charge in [0.2, 0.25) is 0 Å². The smallest absolute Gasteiger partial charge is 0.175 e. The van der Waals surface area contributed by atoms with Gasteiger partial charge in [0.15, 0.2) is 9.84 Å². The van der Waals surface area contributed by atoms with Crippen LogP contribution in [-0.4, -0.2) is 25.9 Å². The Kier molecular flexibility index (Phi) is 9.32. The summed E-state index contributed by atoms with van der Waals surface area (Å²) in [5.41, 5.74) is 4.64. The van der Waals surface area contributed by atoms with E-state index >= 15 is 0 Å². The molecule has 1 heterocycles. The van der Waals surface area contributed by atoms with Crippen molar-refractivity contribution >= 4 is 44.6 Å². The van der Waals surface area contributed by atoms with Crippen LogP contribution in [0.4, 0.5) is 10.1 Å². The van der Waals surface area contributed by atoms with E-state index in [1.807, 2.05) is 54.8 Å². The van der Waals surface area contributed by atoms with E-state index in [-0.39, 0.29) is 4.90 Å². The lowest BCUT2D eigenvalue weighted by Gasteiger charge is -2.17. The number of nitrogens with one attached hydrogen (secondary N) is 1. The van der Waals surface area contributed by atoms with Gasteiger partial charge in [0.25, 0.3) is 0 Å². The number of anilines is 1. The van der Waals surface area contributed by atoms with E-state index in [1.165, 1.54) is 23.9 Å². The fourth-order valence-corrected chi connectivity index (χ4v) is 4.97. The molecule has 0 radical (unpaired) electrons. The number of hydrogen-bond donors (Lipinski definition) is 1. The van der Waals surface area contributed by atoms with Crippen LogP contribution in [0.15, 0.2) is 109 Å². The van der Waals surface area contributed by atoms with Gasteiger partial charge in [-0.3, -0.25) is 4.98 Å². The number of rotatable bonds is 7. The van der Waals surface area contributed by atoms with Gasteiger partial charge in [-0.1, -0.05) is 30.3 Å². The van der Waals surface area contributed by atoms with Gasteiger partial charge in [0.05, 0.1) is 15.6 Å². The second kappa shape index (κ2) is 12.2. The minimum absolute atomic E-state index is 0.0794. The zero-order chi connectivity index (χ0) is 27.2. The lowest BCUT2D eigenvalue weighted by Crippen LogP contribution is -2.02. The first kappa shape index (κ1) is 28.2. The fraction of sp³-hybridized carbons (Fsp3) is 0.0690. The van der Waals surface area contributed by atoms with E-state index in [9.17, 15) is 12.8 Å². The first-order valence-corrected chi connectivity index (χ1v) is 14.5. The van der Waals surface area contributed by atoms with Crippen molar-refractivity contribution in [2.45, 2.75) is 9.79 Å². The number of halogens is 2. The lowest BCUT2D eigenvalue weighted by atomic mass is 9.97. The van der Waals surface area contributed by atoms with E-state index in [0.717, 1.165) is 34.2 Å². The molecule has 0 saturated carbocycles. The molecule has 0 aliphatic rings. The first-order chi connectivity index (χ1) is 17.7. The van der Waals surface area contributed by atoms with Crippen molar-refractivity contribution in [2.75, 3.05) is 17.8 Å². The van der Waals surface area contributed by atoms with Crippen LogP contribution in [0.25, 0.3) is 28.1 Å². The highest BCUT2D eigenvalue weighted by molar-refractivity contribution is 7.98. The van der Waals surface area contributed by atoms with Crippen molar-refractivity contribution in [2.24, 2.45) is 0 Å². The van der Waals surface area contributed by atoms with Gasteiger partial charge < -0.3 is 5.32 Å². The molecule has 4 nitrogen and oxygen atoms in total. The van der Waals surface area contributed by atoms with E-state index < -0.39 is 15.7 Å². The fourth-order valence-electron chi connectivity index (χ4n) is 3.65. The molecule has 0 aliphatic carbocycles. The molecule has 0 saturated heterocycles. The van der Waals surface area contributed by atoms with Gasteiger partial charge in [0.1, 0.15) is 5.82 Å². The molecule has 0 spiro atoms. The van der Waals surface area contributed by atoms with Crippen LogP contribution in [0.2, 0.25) is 5.02 Å². The van der Waals surface area contributed by atoms with Crippen LogP contribution in [0.1, 0.15) is 5.56 Å². The van der Waals surface area contributed by atoms with Crippen LogP contribution in [-0.2, 0) is 9.84 Å². The summed E-state index contributed by atoms with van der Waals surface area (Å²) < 4.78 is 38.6. The number of thioether (sulfide) groups is 1. The summed E-state index contributed by atoms with van der Waals surface area (Å²) in [4.78, 5) is 5.25. The van der Waals surface area contributed by atoms with Gasteiger partial charge in [-0.05, 0) is 78.0 Å². The zero-order valence-corrected chi connectivity index (χ0v) is 22.9. The average Bonchev–Trinajstić information content (AvgIpc) is 2.90. The van der Waals surface area contributed by atoms with E-state index in [2.05, 4.69) is 30.0 Å². The maximum Gasteiger partial charge on any atom is 0.175 e. The molecule has 1 aromatic heterocycles. The molecule has 1 N–H and O–H groups in total. The van der Waals surface area contributed by atoms with E-state index in [4.69, 9.17) is 11.6 Å². The molecule has 0 unspecified atom stereocenters. The molecular weight excluding hydrogens is 527 g/mol. The summed E-state index contributed by atoms with van der Waals surface area (Å²) in [5.74, 6) is -0.625. The third kappa shape index (κ3) is 6.89. The van der Waals surface area contributed by atoms with Gasteiger partial charge in [-0.2, -0.15) is 0 Å². The molecule has 4 aromatic rings. The Morgan fingerprint density at radius 1 is 1.00 bits per heavy atom. The van der Waals surface area contributed by atoms with Crippen molar-refractivity contribution in [1.82, 2.24) is 4.98 Å². The van der Waals surface area contributed by atoms with Crippen molar-refractivity contribution in [3.8, 4) is 22.4 Å². The van der Waals surface area contributed by atoms with E-state index in [1.54, 1.807) is 12.3 Å². The Labute approximate surface area is 226 Å². The maximum absolute atomic E-state index is 14.4. The largest absolute Gasteiger partial charge is 0.355 e. The molecule has 3 aromatic carbocycles. The zero-order valence-electron chi connectivity index (χ0n) is 20.5. The van der Waals surface area contributed by atoms with Gasteiger partial charge in [-0.15, -0.1) is 24.9 Å². The second-order valence-corrected chi connectivity index (χ2v) is 11.2. The normalized spacial score (nSPS) is 10.8. The first-order valence-electron chi connectivity index (χ1n) is 11.0. The van der Waals surface area contributed by atoms with Crippen molar-refractivity contribution in [3.05, 3.63) is 115 Å². The van der Waals surface area contributed by atoms with Crippen LogP contribution in [0, 0.1) is 5.82 Å². The van der Waals surface area contributed by atoms with E-state index in [0.29, 0.717) is 27.4 Å². The highest BCUT2D eigenvalue weighted by Gasteiger charge is 2.16. The highest BCUT2D eigenvalue weighted by Crippen LogP contribution is 2.35. The van der Waals surface area contributed by atoms with Crippen LogP contribution < -0.4 is 5.32 Å². The Balaban J connectivity index is 0.00000186. The van der Waals surface area contributed by atoms with Crippen molar-refractivity contribution < 1.29 is 12.8 Å². The molecule has 8 heteroatoms. The lowest BCUT2D eigenvalue weighted by molar-refractivity contribution is 0.596. The molecule has 190 valence electrons. The summed E-state index contributed by atoms with van der Waals surface area (Å²) >= 11 is 7.95. The molecule has 0 bridgehead atoms. The van der Waals surface area contributed by atoms with Crippen LogP contribution >= 0.6 is 23.4 Å². The number of aromatic nitrogens is 1. The summed E-state index contributed by atoms with van der Waals surface area (Å²) in [6.45, 7) is 10.2. The van der Waals surface area contributed by atoms with Gasteiger partial charge >= 0.3 is 0 Å². The summed E-state index contributed by atoms with van der Waals surface area (Å²) in [6.07, 6.45) is 4.70. The topological polar surface area (TPSA) is 59.1 Å². The highest BCUT2D eigenvalue weighted by atomic mass is 35.5. The second-order valence-electron chi connectivity index (χ2n) is 7.87. The SMILES string of the molecule is C=C.C=C(Nc1ccc(Cl)c(-c2ccccn2)c1)c1ccc(SC)cc1-c1cc(F)cc(S(C)(=O)=O)c1. The Bertz CT molecular complexity index is 1540. The minimum Gasteiger partial charge on any atom is -0.355 e. The molecule has 37 heavy (non-hydrogen) atoms. The molecule has 4 rings (SSSR count). The Hall–Kier alpha value is -3.39. The molecule has 0 atom stereocenters. The summed E-state index contributed by atoms with van der Waals surface area (Å²) in [5, 5.41) is 3.87. The summed E-state index contributed by atoms with van der Waals surface area (Å²) in [6, 6.07) is 20.7. The van der Waals surface area contributed by atoms with Gasteiger partial charge in [0, 0.05) is 39.9 Å². The monoisotopic (exact) mass is 552 g/mol. The standard InChI is InChI=1S/C27H22ClFN2O2S2.C2H4/c1-17(31-20-7-10-26(28)25(15-20)27-6-4-5-11-30-27)23-9-8-21(34-2)16-24(23)18-12-19(29)14-22(13-18)35(3,32)33;1-2/h4-16,31H,1H2,2-3H3;1-2H2. The number of pyridine rings is 1. The maximum atomic E-state index is 14.4. The molecule has 0 fully saturated rings. The number of benzene rings is 3. The number of sulfone groups is 1. The summed E-state index contributed by atoms with van der Waals surface area (Å²) in [7, 11) is -3.59. The van der Waals surface area contributed by atoms with Crippen LogP contribution in [0.5, 0.6) is 0 Å². The molecule has 0 aliphatic heterocycles. The number of hydrogen-bond acceptors (Lipinski definition) is 5. The molecule has 0 amide bonds. The average molecular weight is 553 g/mol. The van der Waals surface area contributed by atoms with Gasteiger partial charge in [-0.25, -0.2) is 12.8 Å². The minimum atomic E-state index is -3.59. The van der Waals surface area contributed by atoms with Crippen molar-refractivity contribution in [3.63, 3.8) is 0 Å².